The molecule has 1 amide bonds. The van der Waals surface area contributed by atoms with Gasteiger partial charge in [0.1, 0.15) is 0 Å². The molecule has 0 aromatic heterocycles. The Morgan fingerprint density at radius 2 is 2.04 bits per heavy atom. The Balaban J connectivity index is 2.21. The SMILES string of the molecule is COc1cc(C=CC(=O)NCCCNCCCCN)ccc1O. The van der Waals surface area contributed by atoms with Crippen molar-refractivity contribution in [2.24, 2.45) is 5.73 Å². The zero-order valence-electron chi connectivity index (χ0n) is 13.7. The van der Waals surface area contributed by atoms with Gasteiger partial charge in [0.15, 0.2) is 11.5 Å². The Bertz CT molecular complexity index is 504. The van der Waals surface area contributed by atoms with E-state index in [0.717, 1.165) is 44.5 Å². The Morgan fingerprint density at radius 3 is 2.78 bits per heavy atom. The third-order valence-electron chi connectivity index (χ3n) is 3.27. The summed E-state index contributed by atoms with van der Waals surface area (Å²) in [6.07, 6.45) is 6.16. The maximum atomic E-state index is 11.7. The maximum Gasteiger partial charge on any atom is 0.243 e. The van der Waals surface area contributed by atoms with Gasteiger partial charge in [-0.1, -0.05) is 6.07 Å². The van der Waals surface area contributed by atoms with Crippen molar-refractivity contribution in [2.45, 2.75) is 19.3 Å². The summed E-state index contributed by atoms with van der Waals surface area (Å²) in [7, 11) is 1.49. The van der Waals surface area contributed by atoms with E-state index in [2.05, 4.69) is 10.6 Å². The smallest absolute Gasteiger partial charge is 0.243 e. The fraction of sp³-hybridized carbons (Fsp3) is 0.471. The van der Waals surface area contributed by atoms with Crippen molar-refractivity contribution in [3.63, 3.8) is 0 Å². The first-order valence-corrected chi connectivity index (χ1v) is 7.91. The number of amides is 1. The second-order valence-electron chi connectivity index (χ2n) is 5.15. The van der Waals surface area contributed by atoms with Crippen LogP contribution in [0.2, 0.25) is 0 Å². The van der Waals surface area contributed by atoms with Gasteiger partial charge in [-0.15, -0.1) is 0 Å². The summed E-state index contributed by atoms with van der Waals surface area (Å²) in [5.41, 5.74) is 6.21. The fourth-order valence-electron chi connectivity index (χ4n) is 1.97. The molecule has 0 aliphatic heterocycles. The molecule has 0 unspecified atom stereocenters. The molecule has 0 radical (unpaired) electrons. The lowest BCUT2D eigenvalue weighted by Gasteiger charge is -2.05. The van der Waals surface area contributed by atoms with Gasteiger partial charge in [-0.25, -0.2) is 0 Å². The molecule has 0 heterocycles. The minimum Gasteiger partial charge on any atom is -0.504 e. The van der Waals surface area contributed by atoms with Crippen LogP contribution in [0.25, 0.3) is 6.08 Å². The molecule has 6 heteroatoms. The van der Waals surface area contributed by atoms with Crippen LogP contribution in [-0.4, -0.2) is 44.3 Å². The first-order valence-electron chi connectivity index (χ1n) is 7.91. The number of nitrogens with one attached hydrogen (secondary N) is 2. The maximum absolute atomic E-state index is 11.7. The van der Waals surface area contributed by atoms with Crippen molar-refractivity contribution in [3.05, 3.63) is 29.8 Å². The van der Waals surface area contributed by atoms with Crippen molar-refractivity contribution < 1.29 is 14.6 Å². The Kier molecular flexibility index (Phi) is 9.51. The van der Waals surface area contributed by atoms with E-state index < -0.39 is 0 Å². The summed E-state index contributed by atoms with van der Waals surface area (Å²) in [5, 5.41) is 15.6. The monoisotopic (exact) mass is 321 g/mol. The first-order chi connectivity index (χ1) is 11.2. The number of methoxy groups -OCH3 is 1. The molecule has 6 nitrogen and oxygen atoms in total. The molecule has 0 aliphatic carbocycles. The summed E-state index contributed by atoms with van der Waals surface area (Å²) in [6.45, 7) is 3.21. The Labute approximate surface area is 137 Å². The number of phenolic OH excluding ortho intramolecular Hbond substituents is 1. The highest BCUT2D eigenvalue weighted by Crippen LogP contribution is 2.26. The second-order valence-corrected chi connectivity index (χ2v) is 5.15. The average molecular weight is 321 g/mol. The number of ether oxygens (including phenoxy) is 1. The quantitative estimate of drug-likeness (QED) is 0.363. The number of hydrogen-bond donors (Lipinski definition) is 4. The molecule has 1 rings (SSSR count). The van der Waals surface area contributed by atoms with E-state index in [-0.39, 0.29) is 11.7 Å². The molecule has 0 spiro atoms. The third kappa shape index (κ3) is 8.23. The zero-order valence-corrected chi connectivity index (χ0v) is 13.7. The van der Waals surface area contributed by atoms with E-state index in [1.807, 2.05) is 0 Å². The largest absolute Gasteiger partial charge is 0.504 e. The molecule has 5 N–H and O–H groups in total. The number of aromatic hydroxyl groups is 1. The van der Waals surface area contributed by atoms with Gasteiger partial charge < -0.3 is 26.2 Å². The van der Waals surface area contributed by atoms with E-state index >= 15 is 0 Å². The van der Waals surface area contributed by atoms with E-state index in [9.17, 15) is 9.90 Å². The summed E-state index contributed by atoms with van der Waals surface area (Å²) >= 11 is 0. The minimum absolute atomic E-state index is 0.0769. The molecule has 0 bridgehead atoms. The highest BCUT2D eigenvalue weighted by atomic mass is 16.5. The number of carbonyl (C=O) groups is 1. The molecule has 0 saturated heterocycles. The zero-order chi connectivity index (χ0) is 16.9. The van der Waals surface area contributed by atoms with E-state index in [4.69, 9.17) is 10.5 Å². The normalized spacial score (nSPS) is 10.9. The number of nitrogens with two attached hydrogens (primary N) is 1. The molecule has 0 aliphatic rings. The molecule has 0 atom stereocenters. The second kappa shape index (κ2) is 11.5. The van der Waals surface area contributed by atoms with Gasteiger partial charge in [-0.3, -0.25) is 4.79 Å². The van der Waals surface area contributed by atoms with Crippen molar-refractivity contribution in [1.82, 2.24) is 10.6 Å². The van der Waals surface area contributed by atoms with Gasteiger partial charge >= 0.3 is 0 Å². The van der Waals surface area contributed by atoms with Crippen LogP contribution in [-0.2, 0) is 4.79 Å². The van der Waals surface area contributed by atoms with Crippen molar-refractivity contribution in [3.8, 4) is 11.5 Å². The number of rotatable bonds is 11. The predicted molar refractivity (Wildman–Crippen MR) is 92.5 cm³/mol. The lowest BCUT2D eigenvalue weighted by molar-refractivity contribution is -0.116. The molecule has 0 saturated carbocycles. The predicted octanol–water partition coefficient (Wildman–Crippen LogP) is 1.25. The molecule has 0 fully saturated rings. The summed E-state index contributed by atoms with van der Waals surface area (Å²) in [5.74, 6) is 0.321. The summed E-state index contributed by atoms with van der Waals surface area (Å²) in [4.78, 5) is 11.7. The van der Waals surface area contributed by atoms with E-state index in [1.165, 1.54) is 19.3 Å². The van der Waals surface area contributed by atoms with Crippen molar-refractivity contribution in [1.29, 1.82) is 0 Å². The number of carbonyl (C=O) groups excluding carboxylic acids is 1. The Morgan fingerprint density at radius 1 is 1.26 bits per heavy atom. The highest BCUT2D eigenvalue weighted by molar-refractivity contribution is 5.91. The Hall–Kier alpha value is -2.05. The van der Waals surface area contributed by atoms with Crippen LogP contribution in [0.1, 0.15) is 24.8 Å². The molecule has 128 valence electrons. The first kappa shape index (κ1) is 19.0. The number of hydrogen-bond acceptors (Lipinski definition) is 5. The van der Waals surface area contributed by atoms with E-state index in [1.54, 1.807) is 18.2 Å². The average Bonchev–Trinajstić information content (AvgIpc) is 2.56. The van der Waals surface area contributed by atoms with Crippen LogP contribution in [0.4, 0.5) is 0 Å². The molecule has 1 aromatic rings. The lowest BCUT2D eigenvalue weighted by Crippen LogP contribution is -2.26. The summed E-state index contributed by atoms with van der Waals surface area (Å²) in [6, 6.07) is 4.92. The molecule has 1 aromatic carbocycles. The van der Waals surface area contributed by atoms with Crippen molar-refractivity contribution in [2.75, 3.05) is 33.3 Å². The van der Waals surface area contributed by atoms with Gasteiger partial charge in [-0.05, 0) is 62.7 Å². The molecular formula is C17H27N3O3. The fourth-order valence-corrected chi connectivity index (χ4v) is 1.97. The lowest BCUT2D eigenvalue weighted by atomic mass is 10.2. The van der Waals surface area contributed by atoms with Gasteiger partial charge in [0.2, 0.25) is 5.91 Å². The van der Waals surface area contributed by atoms with Crippen LogP contribution in [0.5, 0.6) is 11.5 Å². The van der Waals surface area contributed by atoms with Crippen LogP contribution in [0.15, 0.2) is 24.3 Å². The summed E-state index contributed by atoms with van der Waals surface area (Å²) < 4.78 is 5.02. The van der Waals surface area contributed by atoms with Crippen LogP contribution >= 0.6 is 0 Å². The van der Waals surface area contributed by atoms with E-state index in [0.29, 0.717) is 12.3 Å². The van der Waals surface area contributed by atoms with Crippen LogP contribution < -0.4 is 21.1 Å². The van der Waals surface area contributed by atoms with Crippen LogP contribution in [0.3, 0.4) is 0 Å². The third-order valence-corrected chi connectivity index (χ3v) is 3.27. The molecule has 23 heavy (non-hydrogen) atoms. The van der Waals surface area contributed by atoms with Gasteiger partial charge in [0.05, 0.1) is 7.11 Å². The minimum atomic E-state index is -0.139. The number of phenols is 1. The highest BCUT2D eigenvalue weighted by Gasteiger charge is 2.01. The number of unbranched alkanes of at least 4 members (excludes halogenated alkanes) is 1. The van der Waals surface area contributed by atoms with Crippen molar-refractivity contribution >= 4 is 12.0 Å². The number of benzene rings is 1. The van der Waals surface area contributed by atoms with Gasteiger partial charge in [-0.2, -0.15) is 0 Å². The topological polar surface area (TPSA) is 96.6 Å². The standard InChI is InChI=1S/C17H27N3O3/c1-23-16-13-14(5-7-15(16)21)6-8-17(22)20-12-4-11-19-10-3-2-9-18/h5-8,13,19,21H,2-4,9-12,18H2,1H3,(H,20,22). The van der Waals surface area contributed by atoms with Gasteiger partial charge in [0.25, 0.3) is 0 Å². The van der Waals surface area contributed by atoms with Gasteiger partial charge in [0, 0.05) is 12.6 Å². The van der Waals surface area contributed by atoms with Crippen LogP contribution in [0, 0.1) is 0 Å². The molecular weight excluding hydrogens is 294 g/mol.